The van der Waals surface area contributed by atoms with Crippen LogP contribution in [0.5, 0.6) is 0 Å². The van der Waals surface area contributed by atoms with Crippen LogP contribution in [0, 0.1) is 34.6 Å². The van der Waals surface area contributed by atoms with Crippen LogP contribution in [-0.2, 0) is 4.79 Å². The third-order valence-corrected chi connectivity index (χ3v) is 4.08. The fourth-order valence-electron chi connectivity index (χ4n) is 2.97. The zero-order valence-electron chi connectivity index (χ0n) is 14.7. The van der Waals surface area contributed by atoms with Gasteiger partial charge in [-0.05, 0) is 56.9 Å². The quantitative estimate of drug-likeness (QED) is 0.842. The van der Waals surface area contributed by atoms with E-state index in [4.69, 9.17) is 0 Å². The Hall–Kier alpha value is -2.29. The summed E-state index contributed by atoms with van der Waals surface area (Å²) in [5, 5.41) is 6.42. The van der Waals surface area contributed by atoms with Crippen molar-refractivity contribution in [3.05, 3.63) is 58.1 Å². The summed E-state index contributed by atoms with van der Waals surface area (Å²) in [5.41, 5.74) is 7.91. The second kappa shape index (κ2) is 7.32. The molecule has 0 bridgehead atoms. The molecule has 0 radical (unpaired) electrons. The number of aryl methyl sites for hydroxylation is 5. The zero-order valence-corrected chi connectivity index (χ0v) is 14.7. The summed E-state index contributed by atoms with van der Waals surface area (Å²) in [6.45, 7) is 10.9. The first-order valence-electron chi connectivity index (χ1n) is 8.06. The monoisotopic (exact) mass is 310 g/mol. The Bertz CT molecular complexity index is 676. The van der Waals surface area contributed by atoms with Crippen LogP contribution in [0.2, 0.25) is 0 Å². The van der Waals surface area contributed by atoms with Gasteiger partial charge < -0.3 is 10.6 Å². The zero-order chi connectivity index (χ0) is 17.0. The third kappa shape index (κ3) is 4.35. The Kier molecular flexibility index (Phi) is 5.43. The Balaban J connectivity index is 1.94. The molecular formula is C20H26N2O. The third-order valence-electron chi connectivity index (χ3n) is 4.08. The van der Waals surface area contributed by atoms with Gasteiger partial charge in [0.15, 0.2) is 0 Å². The first-order chi connectivity index (χ1) is 10.9. The average Bonchev–Trinajstić information content (AvgIpc) is 2.46. The molecule has 0 aliphatic carbocycles. The van der Waals surface area contributed by atoms with Gasteiger partial charge in [-0.25, -0.2) is 0 Å². The maximum atomic E-state index is 12.2. The van der Waals surface area contributed by atoms with Gasteiger partial charge in [-0.1, -0.05) is 35.9 Å². The highest BCUT2D eigenvalue weighted by Gasteiger charge is 2.09. The second-order valence-electron chi connectivity index (χ2n) is 6.27. The number of benzene rings is 2. The van der Waals surface area contributed by atoms with Crippen molar-refractivity contribution in [2.75, 3.05) is 17.2 Å². The van der Waals surface area contributed by atoms with Gasteiger partial charge in [-0.2, -0.15) is 0 Å². The molecule has 0 aliphatic heterocycles. The second-order valence-corrected chi connectivity index (χ2v) is 6.27. The highest BCUT2D eigenvalue weighted by molar-refractivity contribution is 5.92. The molecule has 3 nitrogen and oxygen atoms in total. The van der Waals surface area contributed by atoms with Crippen molar-refractivity contribution < 1.29 is 4.79 Å². The van der Waals surface area contributed by atoms with Gasteiger partial charge in [0.2, 0.25) is 5.91 Å². The molecule has 0 atom stereocenters. The fraction of sp³-hybridized carbons (Fsp3) is 0.350. The molecule has 2 aromatic carbocycles. The predicted octanol–water partition coefficient (Wildman–Crippen LogP) is 4.67. The highest BCUT2D eigenvalue weighted by Crippen LogP contribution is 2.22. The minimum atomic E-state index is 0.0405. The molecule has 2 rings (SSSR count). The molecule has 1 amide bonds. The van der Waals surface area contributed by atoms with E-state index in [9.17, 15) is 4.79 Å². The normalized spacial score (nSPS) is 10.5. The van der Waals surface area contributed by atoms with Gasteiger partial charge >= 0.3 is 0 Å². The maximum Gasteiger partial charge on any atom is 0.226 e. The Morgan fingerprint density at radius 2 is 1.43 bits per heavy atom. The molecule has 0 aliphatic rings. The van der Waals surface area contributed by atoms with Crippen LogP contribution < -0.4 is 10.6 Å². The minimum absolute atomic E-state index is 0.0405. The molecule has 2 aromatic rings. The van der Waals surface area contributed by atoms with Gasteiger partial charge in [0.25, 0.3) is 0 Å². The van der Waals surface area contributed by atoms with E-state index < -0.39 is 0 Å². The van der Waals surface area contributed by atoms with Crippen LogP contribution in [0.25, 0.3) is 0 Å². The van der Waals surface area contributed by atoms with E-state index in [0.717, 1.165) is 22.5 Å². The smallest absolute Gasteiger partial charge is 0.226 e. The molecule has 2 N–H and O–H groups in total. The molecule has 23 heavy (non-hydrogen) atoms. The van der Waals surface area contributed by atoms with E-state index in [2.05, 4.69) is 55.7 Å². The summed E-state index contributed by atoms with van der Waals surface area (Å²) in [5.74, 6) is 0.0405. The van der Waals surface area contributed by atoms with Crippen molar-refractivity contribution in [1.29, 1.82) is 0 Å². The van der Waals surface area contributed by atoms with E-state index >= 15 is 0 Å². The van der Waals surface area contributed by atoms with Crippen LogP contribution in [0.3, 0.4) is 0 Å². The molecule has 122 valence electrons. The Morgan fingerprint density at radius 1 is 0.870 bits per heavy atom. The minimum Gasteiger partial charge on any atom is -0.384 e. The molecule has 0 saturated carbocycles. The van der Waals surface area contributed by atoms with Gasteiger partial charge in [-0.15, -0.1) is 0 Å². The Morgan fingerprint density at radius 3 is 2.00 bits per heavy atom. The number of carbonyl (C=O) groups excluding carboxylic acids is 1. The molecule has 0 spiro atoms. The number of amides is 1. The summed E-state index contributed by atoms with van der Waals surface area (Å²) in [4.78, 5) is 12.2. The van der Waals surface area contributed by atoms with Crippen molar-refractivity contribution in [2.45, 2.75) is 41.0 Å². The number of anilines is 2. The van der Waals surface area contributed by atoms with E-state index in [1.807, 2.05) is 19.9 Å². The van der Waals surface area contributed by atoms with Crippen LogP contribution in [0.15, 0.2) is 30.3 Å². The van der Waals surface area contributed by atoms with E-state index in [1.165, 1.54) is 16.7 Å². The topological polar surface area (TPSA) is 41.1 Å². The number of hydrogen-bond donors (Lipinski definition) is 2. The molecule has 0 fully saturated rings. The van der Waals surface area contributed by atoms with Crippen LogP contribution >= 0.6 is 0 Å². The molecule has 0 saturated heterocycles. The summed E-state index contributed by atoms with van der Waals surface area (Å²) in [7, 11) is 0. The van der Waals surface area contributed by atoms with Crippen molar-refractivity contribution in [2.24, 2.45) is 0 Å². The lowest BCUT2D eigenvalue weighted by Gasteiger charge is -2.14. The SMILES string of the molecule is Cc1cc(C)c(NC(=O)CCNc2c(C)cccc2C)c(C)c1. The maximum absolute atomic E-state index is 12.2. The molecular weight excluding hydrogens is 284 g/mol. The number of carbonyl (C=O) groups is 1. The predicted molar refractivity (Wildman–Crippen MR) is 98.3 cm³/mol. The summed E-state index contributed by atoms with van der Waals surface area (Å²) >= 11 is 0. The summed E-state index contributed by atoms with van der Waals surface area (Å²) < 4.78 is 0. The van der Waals surface area contributed by atoms with Gasteiger partial charge in [0.1, 0.15) is 0 Å². The standard InChI is InChI=1S/C20H26N2O/c1-13-11-16(4)20(17(5)12-13)22-18(23)9-10-21-19-14(2)7-6-8-15(19)3/h6-8,11-12,21H,9-10H2,1-5H3,(H,22,23). The van der Waals surface area contributed by atoms with Crippen molar-refractivity contribution in [1.82, 2.24) is 0 Å². The van der Waals surface area contributed by atoms with Gasteiger partial charge in [-0.3, -0.25) is 4.79 Å². The van der Waals surface area contributed by atoms with Gasteiger partial charge in [0, 0.05) is 24.3 Å². The van der Waals surface area contributed by atoms with E-state index in [0.29, 0.717) is 13.0 Å². The number of hydrogen-bond acceptors (Lipinski definition) is 2. The molecule has 3 heteroatoms. The van der Waals surface area contributed by atoms with Gasteiger partial charge in [0.05, 0.1) is 0 Å². The lowest BCUT2D eigenvalue weighted by atomic mass is 10.0. The van der Waals surface area contributed by atoms with Crippen molar-refractivity contribution >= 4 is 17.3 Å². The van der Waals surface area contributed by atoms with Crippen LogP contribution in [-0.4, -0.2) is 12.5 Å². The number of nitrogens with one attached hydrogen (secondary N) is 2. The Labute approximate surface area is 139 Å². The van der Waals surface area contributed by atoms with Crippen LogP contribution in [0.4, 0.5) is 11.4 Å². The highest BCUT2D eigenvalue weighted by atomic mass is 16.1. The fourth-order valence-corrected chi connectivity index (χ4v) is 2.97. The van der Waals surface area contributed by atoms with E-state index in [-0.39, 0.29) is 5.91 Å². The first kappa shape index (κ1) is 17.1. The lowest BCUT2D eigenvalue weighted by Crippen LogP contribution is -2.18. The summed E-state index contributed by atoms with van der Waals surface area (Å²) in [6, 6.07) is 10.4. The number of rotatable bonds is 5. The lowest BCUT2D eigenvalue weighted by molar-refractivity contribution is -0.115. The molecule has 0 heterocycles. The van der Waals surface area contributed by atoms with E-state index in [1.54, 1.807) is 0 Å². The van der Waals surface area contributed by atoms with Crippen molar-refractivity contribution in [3.63, 3.8) is 0 Å². The van der Waals surface area contributed by atoms with Crippen molar-refractivity contribution in [3.8, 4) is 0 Å². The summed E-state index contributed by atoms with van der Waals surface area (Å²) in [6.07, 6.45) is 0.445. The largest absolute Gasteiger partial charge is 0.384 e. The van der Waals surface area contributed by atoms with Crippen LogP contribution in [0.1, 0.15) is 34.2 Å². The number of para-hydroxylation sites is 1. The molecule has 0 unspecified atom stereocenters. The molecule has 0 aromatic heterocycles. The first-order valence-corrected chi connectivity index (χ1v) is 8.06. The average molecular weight is 310 g/mol.